The zero-order chi connectivity index (χ0) is 14.5. The summed E-state index contributed by atoms with van der Waals surface area (Å²) in [6.07, 6.45) is 1.65. The molecule has 1 N–H and O–H groups in total. The second-order valence-corrected chi connectivity index (χ2v) is 4.99. The minimum atomic E-state index is 0.443. The Hall–Kier alpha value is -1.82. The Labute approximate surface area is 126 Å². The first-order chi connectivity index (χ1) is 9.63. The molecule has 0 aliphatic heterocycles. The van der Waals surface area contributed by atoms with E-state index in [-0.39, 0.29) is 0 Å². The Morgan fingerprint density at radius 2 is 2.10 bits per heavy atom. The van der Waals surface area contributed by atoms with Crippen LogP contribution in [0.25, 0.3) is 0 Å². The maximum Gasteiger partial charge on any atom is 0.238 e. The van der Waals surface area contributed by atoms with Gasteiger partial charge in [0.25, 0.3) is 0 Å². The average Bonchev–Trinajstić information content (AvgIpc) is 2.44. The molecule has 0 aliphatic rings. The van der Waals surface area contributed by atoms with Gasteiger partial charge in [-0.2, -0.15) is 4.98 Å². The van der Waals surface area contributed by atoms with Crippen LogP contribution in [0, 0.1) is 6.92 Å². The van der Waals surface area contributed by atoms with E-state index in [9.17, 15) is 0 Å². The van der Waals surface area contributed by atoms with Crippen molar-refractivity contribution in [3.05, 3.63) is 34.4 Å². The van der Waals surface area contributed by atoms with Gasteiger partial charge < -0.3 is 14.8 Å². The van der Waals surface area contributed by atoms with Gasteiger partial charge in [0.15, 0.2) is 11.5 Å². The molecule has 0 radical (unpaired) electrons. The van der Waals surface area contributed by atoms with Crippen molar-refractivity contribution in [2.75, 3.05) is 19.0 Å². The minimum Gasteiger partial charge on any atom is -0.493 e. The summed E-state index contributed by atoms with van der Waals surface area (Å²) in [5.74, 6) is 2.25. The van der Waals surface area contributed by atoms with E-state index in [0.29, 0.717) is 27.8 Å². The lowest BCUT2D eigenvalue weighted by atomic mass is 10.2. The van der Waals surface area contributed by atoms with Crippen LogP contribution in [0.1, 0.15) is 12.5 Å². The van der Waals surface area contributed by atoms with E-state index in [4.69, 9.17) is 9.47 Å². The first-order valence-electron chi connectivity index (χ1n) is 6.23. The Balaban J connectivity index is 2.31. The number of benzene rings is 1. The Bertz CT molecular complexity index is 605. The summed E-state index contributed by atoms with van der Waals surface area (Å²) < 4.78 is 11.8. The Kier molecular flexibility index (Phi) is 4.79. The van der Waals surface area contributed by atoms with E-state index < -0.39 is 0 Å². The molecule has 20 heavy (non-hydrogen) atoms. The monoisotopic (exact) mass is 337 g/mol. The first kappa shape index (κ1) is 14.6. The van der Waals surface area contributed by atoms with Crippen LogP contribution in [-0.2, 0) is 0 Å². The summed E-state index contributed by atoms with van der Waals surface area (Å²) in [4.78, 5) is 8.45. The molecule has 1 aromatic heterocycles. The topological polar surface area (TPSA) is 56.3 Å². The van der Waals surface area contributed by atoms with E-state index >= 15 is 0 Å². The highest BCUT2D eigenvalue weighted by molar-refractivity contribution is 9.10. The highest BCUT2D eigenvalue weighted by Crippen LogP contribution is 2.34. The number of aryl methyl sites for hydroxylation is 1. The SMILES string of the molecule is CCNc1ncc(Br)c(Oc2ccc(C)cc2OC)n1. The summed E-state index contributed by atoms with van der Waals surface area (Å²) in [6.45, 7) is 4.72. The lowest BCUT2D eigenvalue weighted by Crippen LogP contribution is -2.03. The molecular formula is C14H16BrN3O2. The molecule has 2 rings (SSSR count). The van der Waals surface area contributed by atoms with Crippen molar-refractivity contribution in [3.8, 4) is 17.4 Å². The van der Waals surface area contributed by atoms with Gasteiger partial charge in [0.1, 0.15) is 0 Å². The molecule has 0 aliphatic carbocycles. The fraction of sp³-hybridized carbons (Fsp3) is 0.286. The molecule has 6 heteroatoms. The van der Waals surface area contributed by atoms with Gasteiger partial charge in [-0.3, -0.25) is 0 Å². The van der Waals surface area contributed by atoms with E-state index in [1.54, 1.807) is 13.3 Å². The van der Waals surface area contributed by atoms with E-state index in [1.165, 1.54) is 0 Å². The number of ether oxygens (including phenoxy) is 2. The second-order valence-electron chi connectivity index (χ2n) is 4.13. The number of nitrogens with one attached hydrogen (secondary N) is 1. The van der Waals surface area contributed by atoms with Gasteiger partial charge in [-0.25, -0.2) is 4.98 Å². The van der Waals surface area contributed by atoms with Crippen molar-refractivity contribution in [2.45, 2.75) is 13.8 Å². The van der Waals surface area contributed by atoms with Crippen LogP contribution in [0.4, 0.5) is 5.95 Å². The average molecular weight is 338 g/mol. The number of rotatable bonds is 5. The number of anilines is 1. The van der Waals surface area contributed by atoms with Crippen LogP contribution >= 0.6 is 15.9 Å². The maximum atomic E-state index is 5.81. The largest absolute Gasteiger partial charge is 0.493 e. The van der Waals surface area contributed by atoms with E-state index in [2.05, 4.69) is 31.2 Å². The molecule has 0 unspecified atom stereocenters. The Morgan fingerprint density at radius 3 is 2.80 bits per heavy atom. The molecule has 5 nitrogen and oxygen atoms in total. The van der Waals surface area contributed by atoms with Gasteiger partial charge in [0.2, 0.25) is 11.8 Å². The molecule has 0 spiro atoms. The van der Waals surface area contributed by atoms with Gasteiger partial charge in [-0.1, -0.05) is 6.07 Å². The molecule has 0 atom stereocenters. The Morgan fingerprint density at radius 1 is 1.30 bits per heavy atom. The third-order valence-electron chi connectivity index (χ3n) is 2.57. The van der Waals surface area contributed by atoms with E-state index in [1.807, 2.05) is 32.0 Å². The summed E-state index contributed by atoms with van der Waals surface area (Å²) in [5.41, 5.74) is 1.10. The standard InChI is InChI=1S/C14H16BrN3O2/c1-4-16-14-17-8-10(15)13(18-14)20-11-6-5-9(2)7-12(11)19-3/h5-8H,4H2,1-3H3,(H,16,17,18). The molecular weight excluding hydrogens is 322 g/mol. The van der Waals surface area contributed by atoms with Gasteiger partial charge >= 0.3 is 0 Å². The fourth-order valence-electron chi connectivity index (χ4n) is 1.63. The number of nitrogens with zero attached hydrogens (tertiary/aromatic N) is 2. The number of aromatic nitrogens is 2. The van der Waals surface area contributed by atoms with Crippen molar-refractivity contribution >= 4 is 21.9 Å². The molecule has 2 aromatic rings. The summed E-state index contributed by atoms with van der Waals surface area (Å²) in [7, 11) is 1.61. The molecule has 0 saturated heterocycles. The van der Waals surface area contributed by atoms with Crippen molar-refractivity contribution in [3.63, 3.8) is 0 Å². The highest BCUT2D eigenvalue weighted by atomic mass is 79.9. The smallest absolute Gasteiger partial charge is 0.238 e. The van der Waals surface area contributed by atoms with Gasteiger partial charge in [0.05, 0.1) is 17.8 Å². The molecule has 0 fully saturated rings. The van der Waals surface area contributed by atoms with E-state index in [0.717, 1.165) is 12.1 Å². The van der Waals surface area contributed by atoms with Crippen molar-refractivity contribution in [2.24, 2.45) is 0 Å². The molecule has 106 valence electrons. The zero-order valence-corrected chi connectivity index (χ0v) is 13.2. The van der Waals surface area contributed by atoms with Crippen LogP contribution in [0.15, 0.2) is 28.9 Å². The van der Waals surface area contributed by atoms with Gasteiger partial charge in [0, 0.05) is 6.54 Å². The van der Waals surface area contributed by atoms with Crippen LogP contribution in [0.3, 0.4) is 0 Å². The number of halogens is 1. The molecule has 1 aromatic carbocycles. The van der Waals surface area contributed by atoms with Crippen LogP contribution in [-0.4, -0.2) is 23.6 Å². The third kappa shape index (κ3) is 3.39. The van der Waals surface area contributed by atoms with Crippen molar-refractivity contribution in [1.82, 2.24) is 9.97 Å². The molecule has 0 saturated carbocycles. The minimum absolute atomic E-state index is 0.443. The third-order valence-corrected chi connectivity index (χ3v) is 3.12. The predicted octanol–water partition coefficient (Wildman–Crippen LogP) is 3.78. The maximum absolute atomic E-state index is 5.81. The number of hydrogen-bond acceptors (Lipinski definition) is 5. The molecule has 0 amide bonds. The van der Waals surface area contributed by atoms with Gasteiger partial charge in [-0.15, -0.1) is 0 Å². The lowest BCUT2D eigenvalue weighted by Gasteiger charge is -2.12. The van der Waals surface area contributed by atoms with Crippen LogP contribution in [0.5, 0.6) is 17.4 Å². The fourth-order valence-corrected chi connectivity index (χ4v) is 1.90. The molecule has 1 heterocycles. The first-order valence-corrected chi connectivity index (χ1v) is 7.02. The normalized spacial score (nSPS) is 10.2. The highest BCUT2D eigenvalue weighted by Gasteiger charge is 2.11. The summed E-state index contributed by atoms with van der Waals surface area (Å²) >= 11 is 3.38. The quantitative estimate of drug-likeness (QED) is 0.899. The number of hydrogen-bond donors (Lipinski definition) is 1. The van der Waals surface area contributed by atoms with Crippen LogP contribution in [0.2, 0.25) is 0 Å². The van der Waals surface area contributed by atoms with Crippen molar-refractivity contribution in [1.29, 1.82) is 0 Å². The zero-order valence-electron chi connectivity index (χ0n) is 11.6. The van der Waals surface area contributed by atoms with Crippen molar-refractivity contribution < 1.29 is 9.47 Å². The molecule has 0 bridgehead atoms. The predicted molar refractivity (Wildman–Crippen MR) is 81.7 cm³/mol. The summed E-state index contributed by atoms with van der Waals surface area (Å²) in [6, 6.07) is 5.73. The van der Waals surface area contributed by atoms with Gasteiger partial charge in [-0.05, 0) is 47.5 Å². The number of methoxy groups -OCH3 is 1. The second kappa shape index (κ2) is 6.56. The lowest BCUT2D eigenvalue weighted by molar-refractivity contribution is 0.373. The summed E-state index contributed by atoms with van der Waals surface area (Å²) in [5, 5.41) is 3.04. The van der Waals surface area contributed by atoms with Crippen LogP contribution < -0.4 is 14.8 Å².